The monoisotopic (exact) mass is 240 g/mol. The highest BCUT2D eigenvalue weighted by atomic mass is 32.1. The second-order valence-corrected chi connectivity index (χ2v) is 5.19. The van der Waals surface area contributed by atoms with Gasteiger partial charge in [-0.3, -0.25) is 4.79 Å². The lowest BCUT2D eigenvalue weighted by Crippen LogP contribution is -2.34. The third-order valence-electron chi connectivity index (χ3n) is 2.89. The van der Waals surface area contributed by atoms with Gasteiger partial charge in [0.05, 0.1) is 6.20 Å². The van der Waals surface area contributed by atoms with Gasteiger partial charge in [-0.05, 0) is 18.8 Å². The molecule has 0 aromatic carbocycles. The molecule has 0 radical (unpaired) electrons. The number of hydrogen-bond donors (Lipinski definition) is 2. The van der Waals surface area contributed by atoms with Gasteiger partial charge < -0.3 is 16.4 Å². The fourth-order valence-electron chi connectivity index (χ4n) is 2.04. The summed E-state index contributed by atoms with van der Waals surface area (Å²) in [5.41, 5.74) is 10.8. The SMILES string of the molecule is NC(=O)CC1CCN(c2ncc(N)s2)CC1. The predicted octanol–water partition coefficient (Wildman–Crippen LogP) is 0.817. The Hall–Kier alpha value is -1.30. The number of primary amides is 1. The number of anilines is 2. The van der Waals surface area contributed by atoms with Gasteiger partial charge in [0.2, 0.25) is 5.91 Å². The Bertz CT molecular complexity index is 371. The third-order valence-corrected chi connectivity index (χ3v) is 3.77. The molecule has 1 fully saturated rings. The van der Waals surface area contributed by atoms with Crippen molar-refractivity contribution in [1.82, 2.24) is 4.98 Å². The van der Waals surface area contributed by atoms with Crippen LogP contribution in [0, 0.1) is 5.92 Å². The lowest BCUT2D eigenvalue weighted by molar-refractivity contribution is -0.119. The first-order valence-electron chi connectivity index (χ1n) is 5.39. The second-order valence-electron chi connectivity index (χ2n) is 4.15. The molecule has 1 amide bonds. The van der Waals surface area contributed by atoms with Gasteiger partial charge in [0.1, 0.15) is 5.00 Å². The van der Waals surface area contributed by atoms with Crippen molar-refractivity contribution >= 4 is 27.4 Å². The van der Waals surface area contributed by atoms with Crippen molar-refractivity contribution in [1.29, 1.82) is 0 Å². The van der Waals surface area contributed by atoms with Gasteiger partial charge in [-0.2, -0.15) is 0 Å². The van der Waals surface area contributed by atoms with Crippen LogP contribution in [0.25, 0.3) is 0 Å². The van der Waals surface area contributed by atoms with Crippen molar-refractivity contribution in [2.75, 3.05) is 23.7 Å². The standard InChI is InChI=1S/C10H16N4OS/c11-8(15)5-7-1-3-14(4-2-7)10-13-6-9(12)16-10/h6-7H,1-5,12H2,(H2,11,15). The molecular weight excluding hydrogens is 224 g/mol. The lowest BCUT2D eigenvalue weighted by Gasteiger charge is -2.31. The minimum absolute atomic E-state index is 0.197. The maximum Gasteiger partial charge on any atom is 0.217 e. The molecule has 16 heavy (non-hydrogen) atoms. The maximum absolute atomic E-state index is 10.8. The van der Waals surface area contributed by atoms with Crippen LogP contribution in [-0.2, 0) is 4.79 Å². The number of piperidine rings is 1. The zero-order valence-corrected chi connectivity index (χ0v) is 9.87. The first-order chi connectivity index (χ1) is 7.65. The number of rotatable bonds is 3. The van der Waals surface area contributed by atoms with Crippen molar-refractivity contribution in [3.05, 3.63) is 6.20 Å². The number of hydrogen-bond acceptors (Lipinski definition) is 5. The summed E-state index contributed by atoms with van der Waals surface area (Å²) in [4.78, 5) is 17.3. The number of nitrogens with zero attached hydrogens (tertiary/aromatic N) is 2. The Morgan fingerprint density at radius 2 is 2.25 bits per heavy atom. The molecule has 88 valence electrons. The highest BCUT2D eigenvalue weighted by Crippen LogP contribution is 2.29. The maximum atomic E-state index is 10.8. The molecule has 2 heterocycles. The van der Waals surface area contributed by atoms with E-state index in [-0.39, 0.29) is 5.91 Å². The summed E-state index contributed by atoms with van der Waals surface area (Å²) < 4.78 is 0. The Morgan fingerprint density at radius 1 is 1.56 bits per heavy atom. The summed E-state index contributed by atoms with van der Waals surface area (Å²) in [7, 11) is 0. The van der Waals surface area contributed by atoms with E-state index < -0.39 is 0 Å². The minimum Gasteiger partial charge on any atom is -0.389 e. The summed E-state index contributed by atoms with van der Waals surface area (Å²) in [6.45, 7) is 1.87. The number of carbonyl (C=O) groups is 1. The molecule has 0 aliphatic carbocycles. The minimum atomic E-state index is -0.197. The van der Waals surface area contributed by atoms with Crippen LogP contribution in [0.15, 0.2) is 6.20 Å². The number of amides is 1. The van der Waals surface area contributed by atoms with Crippen LogP contribution < -0.4 is 16.4 Å². The van der Waals surface area contributed by atoms with E-state index in [1.165, 1.54) is 11.3 Å². The smallest absolute Gasteiger partial charge is 0.217 e. The molecule has 0 bridgehead atoms. The summed E-state index contributed by atoms with van der Waals surface area (Å²) >= 11 is 1.51. The number of nitrogens with two attached hydrogens (primary N) is 2. The van der Waals surface area contributed by atoms with E-state index in [1.54, 1.807) is 6.20 Å². The topological polar surface area (TPSA) is 85.2 Å². The fourth-order valence-corrected chi connectivity index (χ4v) is 2.77. The molecular formula is C10H16N4OS. The predicted molar refractivity (Wildman–Crippen MR) is 65.3 cm³/mol. The fraction of sp³-hybridized carbons (Fsp3) is 0.600. The van der Waals surface area contributed by atoms with Gasteiger partial charge in [0, 0.05) is 19.5 Å². The van der Waals surface area contributed by atoms with Gasteiger partial charge in [-0.15, -0.1) is 0 Å². The second kappa shape index (κ2) is 4.69. The molecule has 1 aliphatic heterocycles. The van der Waals surface area contributed by atoms with Crippen LogP contribution in [0.5, 0.6) is 0 Å². The van der Waals surface area contributed by atoms with Gasteiger partial charge in [0.25, 0.3) is 0 Å². The van der Waals surface area contributed by atoms with Crippen LogP contribution in [0.3, 0.4) is 0 Å². The molecule has 1 aromatic rings. The molecule has 5 nitrogen and oxygen atoms in total. The molecule has 1 aromatic heterocycles. The van der Waals surface area contributed by atoms with Crippen molar-refractivity contribution in [3.8, 4) is 0 Å². The van der Waals surface area contributed by atoms with Crippen molar-refractivity contribution in [2.45, 2.75) is 19.3 Å². The van der Waals surface area contributed by atoms with Crippen molar-refractivity contribution < 1.29 is 4.79 Å². The Labute approximate surface area is 98.4 Å². The molecule has 0 spiro atoms. The number of aromatic nitrogens is 1. The van der Waals surface area contributed by atoms with E-state index in [0.717, 1.165) is 36.1 Å². The molecule has 0 atom stereocenters. The number of nitrogen functional groups attached to an aromatic ring is 1. The third kappa shape index (κ3) is 2.63. The molecule has 0 saturated carbocycles. The quantitative estimate of drug-likeness (QED) is 0.819. The zero-order valence-electron chi connectivity index (χ0n) is 9.06. The van der Waals surface area contributed by atoms with E-state index in [0.29, 0.717) is 12.3 Å². The van der Waals surface area contributed by atoms with Crippen LogP contribution in [0.4, 0.5) is 10.1 Å². The molecule has 2 rings (SSSR count). The van der Waals surface area contributed by atoms with E-state index >= 15 is 0 Å². The number of thiazole rings is 1. The first kappa shape index (κ1) is 11.2. The normalized spacial score (nSPS) is 17.6. The van der Waals surface area contributed by atoms with E-state index in [1.807, 2.05) is 0 Å². The van der Waals surface area contributed by atoms with Gasteiger partial charge >= 0.3 is 0 Å². The molecule has 4 N–H and O–H groups in total. The highest BCUT2D eigenvalue weighted by Gasteiger charge is 2.22. The van der Waals surface area contributed by atoms with Gasteiger partial charge in [-0.25, -0.2) is 4.98 Å². The molecule has 0 unspecified atom stereocenters. The average Bonchev–Trinajstić information content (AvgIpc) is 2.65. The van der Waals surface area contributed by atoms with E-state index in [4.69, 9.17) is 11.5 Å². The van der Waals surface area contributed by atoms with Crippen LogP contribution in [-0.4, -0.2) is 24.0 Å². The Morgan fingerprint density at radius 3 is 2.75 bits per heavy atom. The molecule has 6 heteroatoms. The Kier molecular flexibility index (Phi) is 3.28. The number of carbonyl (C=O) groups excluding carboxylic acids is 1. The van der Waals surface area contributed by atoms with E-state index in [2.05, 4.69) is 9.88 Å². The Balaban J connectivity index is 1.87. The van der Waals surface area contributed by atoms with Crippen molar-refractivity contribution in [3.63, 3.8) is 0 Å². The highest BCUT2D eigenvalue weighted by molar-refractivity contribution is 7.19. The van der Waals surface area contributed by atoms with Crippen LogP contribution >= 0.6 is 11.3 Å². The summed E-state index contributed by atoms with van der Waals surface area (Å²) in [5, 5.41) is 1.73. The van der Waals surface area contributed by atoms with Gasteiger partial charge in [-0.1, -0.05) is 11.3 Å². The van der Waals surface area contributed by atoms with Crippen molar-refractivity contribution in [2.24, 2.45) is 11.7 Å². The van der Waals surface area contributed by atoms with E-state index in [9.17, 15) is 4.79 Å². The van der Waals surface area contributed by atoms with Crippen LogP contribution in [0.2, 0.25) is 0 Å². The van der Waals surface area contributed by atoms with Crippen LogP contribution in [0.1, 0.15) is 19.3 Å². The van der Waals surface area contributed by atoms with Gasteiger partial charge in [0.15, 0.2) is 5.13 Å². The average molecular weight is 240 g/mol. The lowest BCUT2D eigenvalue weighted by atomic mass is 9.94. The summed E-state index contributed by atoms with van der Waals surface area (Å²) in [6, 6.07) is 0. The largest absolute Gasteiger partial charge is 0.389 e. The first-order valence-corrected chi connectivity index (χ1v) is 6.21. The molecule has 1 aliphatic rings. The zero-order chi connectivity index (χ0) is 11.5. The molecule has 1 saturated heterocycles. The summed E-state index contributed by atoms with van der Waals surface area (Å²) in [6.07, 6.45) is 4.20. The summed E-state index contributed by atoms with van der Waals surface area (Å²) in [5.74, 6) is 0.239.